The van der Waals surface area contributed by atoms with Crippen molar-refractivity contribution in [2.24, 2.45) is 17.6 Å². The highest BCUT2D eigenvalue weighted by molar-refractivity contribution is 6.00. The number of carbonyl (C=O) groups excluding carboxylic acids is 7. The summed E-state index contributed by atoms with van der Waals surface area (Å²) in [6.07, 6.45) is 5.69. The normalized spacial score (nSPS) is 16.3. The fourth-order valence-corrected chi connectivity index (χ4v) is 8.09. The molecule has 7 atom stereocenters. The second-order valence-electron chi connectivity index (χ2n) is 18.0. The summed E-state index contributed by atoms with van der Waals surface area (Å²) in [7, 11) is 0. The van der Waals surface area contributed by atoms with Crippen molar-refractivity contribution in [3.8, 4) is 0 Å². The maximum atomic E-state index is 14.4. The SMILES string of the molecule is CC(C)C[C@H](NC(=O)C[C@H](O)[C@H](CC(C)C)NC(=O)[C@H](Cc1c[nH]cn1)NC(=O)[C@H](Cc1ccccc1)NC(=O)[C@@H]1CCCN1C(=O)[C@@H](N)Cc1c[nH]cn1)C(=O)NC(=O)Cc1ccccc1. The van der Waals surface area contributed by atoms with Crippen molar-refractivity contribution in [2.75, 3.05) is 6.54 Å². The Morgan fingerprint density at radius 2 is 1.28 bits per heavy atom. The van der Waals surface area contributed by atoms with Gasteiger partial charge in [0, 0.05) is 38.2 Å². The molecule has 2 aromatic carbocycles. The lowest BCUT2D eigenvalue weighted by Gasteiger charge is -2.30. The molecule has 19 heteroatoms. The van der Waals surface area contributed by atoms with Gasteiger partial charge < -0.3 is 47.0 Å². The summed E-state index contributed by atoms with van der Waals surface area (Å²) in [4.78, 5) is 111. The Hall–Kier alpha value is -6.73. The smallest absolute Gasteiger partial charge is 0.249 e. The quantitative estimate of drug-likeness (QED) is 0.0481. The van der Waals surface area contributed by atoms with Gasteiger partial charge in [-0.3, -0.25) is 38.9 Å². The Kier molecular flexibility index (Phi) is 19.3. The first-order valence-corrected chi connectivity index (χ1v) is 22.9. The van der Waals surface area contributed by atoms with Crippen LogP contribution in [0.4, 0.5) is 0 Å². The molecule has 1 fully saturated rings. The van der Waals surface area contributed by atoms with E-state index in [9.17, 15) is 38.7 Å². The van der Waals surface area contributed by atoms with Crippen LogP contribution in [-0.2, 0) is 59.2 Å². The number of carbonyl (C=O) groups is 7. The number of hydrogen-bond acceptors (Lipinski definition) is 11. The number of benzene rings is 2. The molecule has 2 aromatic heterocycles. The van der Waals surface area contributed by atoms with Crippen LogP contribution in [0.15, 0.2) is 85.7 Å². The van der Waals surface area contributed by atoms with Gasteiger partial charge in [0.15, 0.2) is 0 Å². The number of nitrogens with zero attached hydrogens (tertiary/aromatic N) is 3. The predicted molar refractivity (Wildman–Crippen MR) is 248 cm³/mol. The van der Waals surface area contributed by atoms with E-state index in [4.69, 9.17) is 5.73 Å². The third kappa shape index (κ3) is 16.3. The van der Waals surface area contributed by atoms with Crippen molar-refractivity contribution < 1.29 is 38.7 Å². The Balaban J connectivity index is 1.28. The molecule has 0 spiro atoms. The number of aliphatic hydroxyl groups excluding tert-OH is 1. The van der Waals surface area contributed by atoms with Gasteiger partial charge in [-0.05, 0) is 48.6 Å². The molecule has 0 radical (unpaired) electrons. The number of H-pyrrole nitrogens is 2. The van der Waals surface area contributed by atoms with Gasteiger partial charge >= 0.3 is 0 Å². The van der Waals surface area contributed by atoms with Crippen LogP contribution in [-0.4, -0.2) is 120 Å². The maximum absolute atomic E-state index is 14.4. The molecule has 5 rings (SSSR count). The molecule has 7 amide bonds. The van der Waals surface area contributed by atoms with Crippen molar-refractivity contribution >= 4 is 41.4 Å². The van der Waals surface area contributed by atoms with E-state index >= 15 is 0 Å². The molecule has 1 aliphatic heterocycles. The minimum absolute atomic E-state index is 0.0284. The number of aromatic nitrogens is 4. The van der Waals surface area contributed by atoms with Gasteiger partial charge in [0.1, 0.15) is 24.2 Å². The first kappa shape index (κ1) is 51.3. The molecule has 3 heterocycles. The van der Waals surface area contributed by atoms with Gasteiger partial charge in [-0.1, -0.05) is 88.4 Å². The Bertz CT molecular complexity index is 2220. The Morgan fingerprint density at radius 3 is 1.88 bits per heavy atom. The predicted octanol–water partition coefficient (Wildman–Crippen LogP) is 1.15. The molecular weight excluding hydrogens is 859 g/mol. The van der Waals surface area contributed by atoms with E-state index in [2.05, 4.69) is 46.5 Å². The first-order valence-electron chi connectivity index (χ1n) is 22.9. The van der Waals surface area contributed by atoms with E-state index in [0.29, 0.717) is 36.3 Å². The summed E-state index contributed by atoms with van der Waals surface area (Å²) in [5.41, 5.74) is 8.76. The monoisotopic (exact) mass is 924 g/mol. The fraction of sp³-hybridized carbons (Fsp3) is 0.479. The van der Waals surface area contributed by atoms with Crippen LogP contribution in [0.2, 0.25) is 0 Å². The van der Waals surface area contributed by atoms with Crippen LogP contribution in [0.3, 0.4) is 0 Å². The van der Waals surface area contributed by atoms with Crippen molar-refractivity contribution in [3.05, 3.63) is 108 Å². The third-order valence-electron chi connectivity index (χ3n) is 11.4. The van der Waals surface area contributed by atoms with Crippen LogP contribution in [0.5, 0.6) is 0 Å². The number of imidazole rings is 2. The minimum atomic E-state index is -1.43. The molecule has 4 aromatic rings. The number of likely N-dealkylation sites (tertiary alicyclic amines) is 1. The summed E-state index contributed by atoms with van der Waals surface area (Å²) in [6, 6.07) is 11.6. The van der Waals surface area contributed by atoms with Gasteiger partial charge in [-0.2, -0.15) is 0 Å². The molecule has 0 unspecified atom stereocenters. The largest absolute Gasteiger partial charge is 0.390 e. The van der Waals surface area contributed by atoms with E-state index in [1.54, 1.807) is 60.9 Å². The zero-order valence-electron chi connectivity index (χ0n) is 38.6. The summed E-state index contributed by atoms with van der Waals surface area (Å²) in [5.74, 6) is -4.31. The van der Waals surface area contributed by atoms with E-state index in [0.717, 1.165) is 5.56 Å². The average Bonchev–Trinajstić information content (AvgIpc) is 4.10. The lowest BCUT2D eigenvalue weighted by atomic mass is 9.96. The number of aromatic amines is 2. The third-order valence-corrected chi connectivity index (χ3v) is 11.4. The van der Waals surface area contributed by atoms with Gasteiger partial charge in [0.05, 0.1) is 55.1 Å². The first-order chi connectivity index (χ1) is 32.1. The summed E-state index contributed by atoms with van der Waals surface area (Å²) < 4.78 is 0. The Labute approximate surface area is 390 Å². The zero-order chi connectivity index (χ0) is 48.5. The molecular formula is C48H65N11O8. The van der Waals surface area contributed by atoms with Crippen molar-refractivity contribution in [1.29, 1.82) is 0 Å². The standard InChI is InChI=1S/C48H65N11O8/c1-29(2)18-36(41(60)24-43(62)54-37(19-30(3)4)46(65)58-42(61)21-32-14-9-6-10-15-32)55-45(64)39(23-34-26-51-28-53-34)56-44(63)38(20-31-12-7-5-8-13-31)57-47(66)40-16-11-17-59(40)48(67)35(49)22-33-25-50-27-52-33/h5-10,12-15,25-30,35-41,60H,11,16-24,49H2,1-4H3,(H,50,52)(H,51,53)(H,54,62)(H,55,64)(H,56,63)(H,57,66)(H,58,61,65)/t35-,36-,37-,38-,39-,40-,41-/m0/s1. The second-order valence-corrected chi connectivity index (χ2v) is 18.0. The minimum Gasteiger partial charge on any atom is -0.390 e. The lowest BCUT2D eigenvalue weighted by molar-refractivity contribution is -0.140. The number of aliphatic hydroxyl groups is 1. The zero-order valence-corrected chi connectivity index (χ0v) is 38.6. The number of nitrogens with two attached hydrogens (primary N) is 1. The molecule has 1 saturated heterocycles. The van der Waals surface area contributed by atoms with Crippen LogP contribution in [0, 0.1) is 11.8 Å². The highest BCUT2D eigenvalue weighted by atomic mass is 16.3. The molecule has 19 nitrogen and oxygen atoms in total. The topological polar surface area (TPSA) is 286 Å². The fourth-order valence-electron chi connectivity index (χ4n) is 8.09. The number of nitrogens with one attached hydrogen (secondary N) is 7. The van der Waals surface area contributed by atoms with E-state index < -0.39 is 90.1 Å². The van der Waals surface area contributed by atoms with Gasteiger partial charge in [0.2, 0.25) is 41.4 Å². The summed E-state index contributed by atoms with van der Waals surface area (Å²) >= 11 is 0. The molecule has 0 saturated carbocycles. The highest BCUT2D eigenvalue weighted by Gasteiger charge is 2.39. The molecule has 0 bridgehead atoms. The van der Waals surface area contributed by atoms with Crippen molar-refractivity contribution in [2.45, 2.75) is 128 Å². The molecule has 10 N–H and O–H groups in total. The maximum Gasteiger partial charge on any atom is 0.249 e. The van der Waals surface area contributed by atoms with Crippen LogP contribution in [0.1, 0.15) is 82.3 Å². The number of rotatable bonds is 24. The number of amides is 7. The molecule has 67 heavy (non-hydrogen) atoms. The van der Waals surface area contributed by atoms with E-state index in [1.807, 2.05) is 39.8 Å². The molecule has 1 aliphatic rings. The van der Waals surface area contributed by atoms with Crippen molar-refractivity contribution in [1.82, 2.24) is 51.4 Å². The molecule has 360 valence electrons. The van der Waals surface area contributed by atoms with E-state index in [1.165, 1.54) is 17.6 Å². The number of imide groups is 1. The highest BCUT2D eigenvalue weighted by Crippen LogP contribution is 2.20. The summed E-state index contributed by atoms with van der Waals surface area (Å²) in [6.45, 7) is 7.80. The second kappa shape index (κ2) is 25.3. The average molecular weight is 924 g/mol. The van der Waals surface area contributed by atoms with Crippen LogP contribution in [0.25, 0.3) is 0 Å². The van der Waals surface area contributed by atoms with Crippen LogP contribution < -0.4 is 32.3 Å². The number of hydrogen-bond donors (Lipinski definition) is 9. The lowest BCUT2D eigenvalue weighted by Crippen LogP contribution is -2.59. The van der Waals surface area contributed by atoms with Gasteiger partial charge in [-0.15, -0.1) is 0 Å². The summed E-state index contributed by atoms with van der Waals surface area (Å²) in [5, 5.41) is 25.1. The van der Waals surface area contributed by atoms with Gasteiger partial charge in [-0.25, -0.2) is 9.97 Å². The van der Waals surface area contributed by atoms with E-state index in [-0.39, 0.29) is 50.4 Å². The van der Waals surface area contributed by atoms with Gasteiger partial charge in [0.25, 0.3) is 0 Å². The van der Waals surface area contributed by atoms with Crippen LogP contribution >= 0.6 is 0 Å². The Morgan fingerprint density at radius 1 is 0.701 bits per heavy atom. The van der Waals surface area contributed by atoms with Crippen molar-refractivity contribution in [3.63, 3.8) is 0 Å². The molecule has 0 aliphatic carbocycles.